The van der Waals surface area contributed by atoms with Gasteiger partial charge in [0.05, 0.1) is 40.7 Å². The molecule has 0 aliphatic carbocycles. The number of methoxy groups -OCH3 is 1. The predicted octanol–water partition coefficient (Wildman–Crippen LogP) is 4.17. The van der Waals surface area contributed by atoms with E-state index < -0.39 is 0 Å². The summed E-state index contributed by atoms with van der Waals surface area (Å²) in [4.78, 5) is 22.6. The van der Waals surface area contributed by atoms with Gasteiger partial charge in [-0.15, -0.1) is 0 Å². The highest BCUT2D eigenvalue weighted by molar-refractivity contribution is 5.81. The van der Waals surface area contributed by atoms with Crippen LogP contribution < -0.4 is 10.1 Å². The van der Waals surface area contributed by atoms with E-state index in [0.717, 1.165) is 36.2 Å². The number of rotatable bonds is 6. The SMILES string of the molecule is COc1cc(C2=CCN(C)CC2)c([N+](=O)[O-])cc1Nc1nccc(-c2cnn3ccccc23)n1. The first kappa shape index (κ1) is 21.5. The number of fused-ring (bicyclic) bond motifs is 1. The number of ether oxygens (including phenoxy) is 1. The lowest BCUT2D eigenvalue weighted by atomic mass is 9.97. The third-order valence-corrected chi connectivity index (χ3v) is 5.88. The van der Waals surface area contributed by atoms with Crippen LogP contribution in [-0.2, 0) is 0 Å². The van der Waals surface area contributed by atoms with Gasteiger partial charge in [0.1, 0.15) is 5.75 Å². The van der Waals surface area contributed by atoms with Gasteiger partial charge in [0.2, 0.25) is 5.95 Å². The predicted molar refractivity (Wildman–Crippen MR) is 129 cm³/mol. The fraction of sp³-hybridized carbons (Fsp3) is 0.208. The number of hydrogen-bond acceptors (Lipinski definition) is 8. The maximum Gasteiger partial charge on any atom is 0.279 e. The van der Waals surface area contributed by atoms with Gasteiger partial charge in [-0.1, -0.05) is 12.1 Å². The summed E-state index contributed by atoms with van der Waals surface area (Å²) in [7, 11) is 3.56. The van der Waals surface area contributed by atoms with E-state index in [1.165, 1.54) is 13.2 Å². The molecule has 172 valence electrons. The van der Waals surface area contributed by atoms with Crippen LogP contribution in [0.1, 0.15) is 12.0 Å². The molecular weight excluding hydrogens is 434 g/mol. The van der Waals surface area contributed by atoms with Crippen LogP contribution in [0, 0.1) is 10.1 Å². The van der Waals surface area contributed by atoms with E-state index in [-0.39, 0.29) is 10.6 Å². The van der Waals surface area contributed by atoms with E-state index in [1.807, 2.05) is 37.5 Å². The molecule has 3 aromatic heterocycles. The molecule has 0 amide bonds. The quantitative estimate of drug-likeness (QED) is 0.339. The Hall–Kier alpha value is -4.31. The summed E-state index contributed by atoms with van der Waals surface area (Å²) in [5.74, 6) is 0.775. The van der Waals surface area contributed by atoms with Crippen LogP contribution in [0.5, 0.6) is 5.75 Å². The van der Waals surface area contributed by atoms with Gasteiger partial charge in [0, 0.05) is 37.1 Å². The van der Waals surface area contributed by atoms with Gasteiger partial charge in [-0.2, -0.15) is 5.10 Å². The standard InChI is InChI=1S/C24H23N7O3/c1-29-11-7-16(8-12-29)17-13-23(34-2)20(14-22(17)31(32)33)28-24-25-9-6-19(27-24)18-15-26-30-10-4-3-5-21(18)30/h3-7,9-10,13-15H,8,11-12H2,1-2H3,(H,25,27,28). The fourth-order valence-corrected chi connectivity index (χ4v) is 4.08. The van der Waals surface area contributed by atoms with Crippen molar-refractivity contribution in [2.45, 2.75) is 6.42 Å². The average Bonchev–Trinajstić information content (AvgIpc) is 3.29. The first-order valence-corrected chi connectivity index (χ1v) is 10.8. The van der Waals surface area contributed by atoms with E-state index in [2.05, 4.69) is 25.3 Å². The Balaban J connectivity index is 1.52. The van der Waals surface area contributed by atoms with Gasteiger partial charge in [0.25, 0.3) is 5.69 Å². The maximum absolute atomic E-state index is 11.9. The highest BCUT2D eigenvalue weighted by Gasteiger charge is 2.23. The van der Waals surface area contributed by atoms with Gasteiger partial charge >= 0.3 is 0 Å². The molecule has 0 spiro atoms. The molecule has 1 aromatic carbocycles. The second-order valence-corrected chi connectivity index (χ2v) is 8.05. The molecule has 1 aliphatic heterocycles. The summed E-state index contributed by atoms with van der Waals surface area (Å²) < 4.78 is 7.34. The van der Waals surface area contributed by atoms with Crippen molar-refractivity contribution in [3.8, 4) is 17.0 Å². The van der Waals surface area contributed by atoms with Crippen LogP contribution in [0.2, 0.25) is 0 Å². The third kappa shape index (κ3) is 4.06. The number of anilines is 2. The summed E-state index contributed by atoms with van der Waals surface area (Å²) in [5.41, 5.74) is 4.40. The molecule has 34 heavy (non-hydrogen) atoms. The molecule has 0 unspecified atom stereocenters. The lowest BCUT2D eigenvalue weighted by Crippen LogP contribution is -2.23. The molecule has 1 N–H and O–H groups in total. The van der Waals surface area contributed by atoms with Crippen molar-refractivity contribution in [3.05, 3.63) is 76.7 Å². The van der Waals surface area contributed by atoms with Crippen LogP contribution in [0.4, 0.5) is 17.3 Å². The van der Waals surface area contributed by atoms with Crippen LogP contribution in [0.3, 0.4) is 0 Å². The lowest BCUT2D eigenvalue weighted by molar-refractivity contribution is -0.385. The van der Waals surface area contributed by atoms with E-state index in [1.54, 1.807) is 29.0 Å². The molecule has 5 rings (SSSR count). The fourth-order valence-electron chi connectivity index (χ4n) is 4.08. The minimum Gasteiger partial charge on any atom is -0.495 e. The normalized spacial score (nSPS) is 14.1. The first-order chi connectivity index (χ1) is 16.5. The highest BCUT2D eigenvalue weighted by atomic mass is 16.6. The topological polar surface area (TPSA) is 111 Å². The van der Waals surface area contributed by atoms with Gasteiger partial charge in [-0.3, -0.25) is 10.1 Å². The van der Waals surface area contributed by atoms with Crippen molar-refractivity contribution in [2.24, 2.45) is 0 Å². The van der Waals surface area contributed by atoms with E-state index >= 15 is 0 Å². The Morgan fingerprint density at radius 2 is 2.09 bits per heavy atom. The molecule has 0 fully saturated rings. The molecule has 0 saturated heterocycles. The number of likely N-dealkylation sites (N-methyl/N-ethyl adjacent to an activating group) is 1. The Morgan fingerprint density at radius 1 is 1.21 bits per heavy atom. The first-order valence-electron chi connectivity index (χ1n) is 10.8. The minimum absolute atomic E-state index is 0.0119. The lowest BCUT2D eigenvalue weighted by Gasteiger charge is -2.22. The Labute approximate surface area is 195 Å². The van der Waals surface area contributed by atoms with Crippen LogP contribution in [0.25, 0.3) is 22.3 Å². The molecule has 10 heteroatoms. The van der Waals surface area contributed by atoms with Gasteiger partial charge < -0.3 is 15.0 Å². The maximum atomic E-state index is 11.9. The molecule has 0 saturated carbocycles. The van der Waals surface area contributed by atoms with E-state index in [4.69, 9.17) is 4.74 Å². The molecule has 1 aliphatic rings. The Morgan fingerprint density at radius 3 is 2.85 bits per heavy atom. The van der Waals surface area contributed by atoms with Gasteiger partial charge in [-0.05, 0) is 43.3 Å². The van der Waals surface area contributed by atoms with Crippen LogP contribution >= 0.6 is 0 Å². The zero-order valence-corrected chi connectivity index (χ0v) is 18.8. The zero-order chi connectivity index (χ0) is 23.7. The number of aromatic nitrogens is 4. The molecule has 0 bridgehead atoms. The van der Waals surface area contributed by atoms with Crippen molar-refractivity contribution in [1.82, 2.24) is 24.5 Å². The second-order valence-electron chi connectivity index (χ2n) is 8.05. The zero-order valence-electron chi connectivity index (χ0n) is 18.8. The Bertz CT molecular complexity index is 1410. The largest absolute Gasteiger partial charge is 0.495 e. The molecular formula is C24H23N7O3. The van der Waals surface area contributed by atoms with Crippen LogP contribution in [-0.4, -0.2) is 56.7 Å². The molecule has 4 heterocycles. The second kappa shape index (κ2) is 8.91. The minimum atomic E-state index is -0.366. The number of nitro groups is 1. The summed E-state index contributed by atoms with van der Waals surface area (Å²) >= 11 is 0. The van der Waals surface area contributed by atoms with Gasteiger partial charge in [-0.25, -0.2) is 14.5 Å². The van der Waals surface area contributed by atoms with Gasteiger partial charge in [0.15, 0.2) is 0 Å². The van der Waals surface area contributed by atoms with Crippen molar-refractivity contribution in [1.29, 1.82) is 0 Å². The number of nitrogens with zero attached hydrogens (tertiary/aromatic N) is 6. The van der Waals surface area contributed by atoms with Crippen molar-refractivity contribution >= 4 is 28.4 Å². The summed E-state index contributed by atoms with van der Waals surface area (Å²) in [6, 6.07) is 10.8. The molecule has 0 radical (unpaired) electrons. The number of nitrogens with one attached hydrogen (secondary N) is 1. The molecule has 4 aromatic rings. The summed E-state index contributed by atoms with van der Waals surface area (Å²) in [5, 5.41) is 19.4. The van der Waals surface area contributed by atoms with Crippen molar-refractivity contribution in [3.63, 3.8) is 0 Å². The number of hydrogen-bond donors (Lipinski definition) is 1. The molecule has 0 atom stereocenters. The van der Waals surface area contributed by atoms with E-state index in [0.29, 0.717) is 28.6 Å². The van der Waals surface area contributed by atoms with Crippen molar-refractivity contribution in [2.75, 3.05) is 32.6 Å². The summed E-state index contributed by atoms with van der Waals surface area (Å²) in [6.45, 7) is 1.59. The van der Waals surface area contributed by atoms with Crippen LogP contribution in [0.15, 0.2) is 61.1 Å². The molecule has 10 nitrogen and oxygen atoms in total. The van der Waals surface area contributed by atoms with E-state index in [9.17, 15) is 10.1 Å². The number of pyridine rings is 1. The Kier molecular flexibility index (Phi) is 5.64. The monoisotopic (exact) mass is 457 g/mol. The number of benzene rings is 1. The highest BCUT2D eigenvalue weighted by Crippen LogP contribution is 2.39. The number of nitro benzene ring substituents is 1. The summed E-state index contributed by atoms with van der Waals surface area (Å²) in [6.07, 6.45) is 8.01. The van der Waals surface area contributed by atoms with Crippen molar-refractivity contribution < 1.29 is 9.66 Å². The smallest absolute Gasteiger partial charge is 0.279 e. The third-order valence-electron chi connectivity index (χ3n) is 5.88. The average molecular weight is 457 g/mol.